The highest BCUT2D eigenvalue weighted by Crippen LogP contribution is 2.45. The Hall–Kier alpha value is -1.65. The van der Waals surface area contributed by atoms with Gasteiger partial charge in [-0.1, -0.05) is 12.1 Å². The second kappa shape index (κ2) is 4.55. The zero-order valence-electron chi connectivity index (χ0n) is 10.0. The molecular formula is C12H14N2O3S. The molecule has 0 heterocycles. The number of isocyanates is 1. The summed E-state index contributed by atoms with van der Waals surface area (Å²) in [6.07, 6.45) is 5.31. The number of nitrogens with one attached hydrogen (secondary N) is 1. The minimum absolute atomic E-state index is 0.488. The van der Waals surface area contributed by atoms with Gasteiger partial charge < -0.3 is 0 Å². The van der Waals surface area contributed by atoms with Gasteiger partial charge in [0, 0.05) is 5.69 Å². The first kappa shape index (κ1) is 12.8. The van der Waals surface area contributed by atoms with Gasteiger partial charge in [-0.15, -0.1) is 0 Å². The molecule has 0 amide bonds. The van der Waals surface area contributed by atoms with E-state index < -0.39 is 15.6 Å². The Balaban J connectivity index is 2.35. The predicted molar refractivity (Wildman–Crippen MR) is 68.6 cm³/mol. The average Bonchev–Trinajstić information content (AvgIpc) is 2.21. The van der Waals surface area contributed by atoms with Gasteiger partial charge in [-0.05, 0) is 37.0 Å². The molecular weight excluding hydrogens is 252 g/mol. The van der Waals surface area contributed by atoms with Crippen molar-refractivity contribution in [3.8, 4) is 0 Å². The second-order valence-corrected chi connectivity index (χ2v) is 6.29. The van der Waals surface area contributed by atoms with Crippen molar-refractivity contribution in [1.29, 1.82) is 0 Å². The van der Waals surface area contributed by atoms with Crippen molar-refractivity contribution in [3.63, 3.8) is 0 Å². The third-order valence-corrected chi connectivity index (χ3v) is 3.75. The molecule has 0 atom stereocenters. The molecule has 96 valence electrons. The summed E-state index contributed by atoms with van der Waals surface area (Å²) in [6, 6.07) is 7.00. The number of sulfonamides is 1. The first-order chi connectivity index (χ1) is 8.45. The zero-order chi connectivity index (χ0) is 13.2. The average molecular weight is 266 g/mol. The monoisotopic (exact) mass is 266 g/mol. The number of nitrogens with zero attached hydrogens (tertiary/aromatic N) is 1. The molecule has 0 radical (unpaired) electrons. The van der Waals surface area contributed by atoms with Crippen LogP contribution in [0.3, 0.4) is 0 Å². The number of hydrogen-bond donors (Lipinski definition) is 1. The van der Waals surface area contributed by atoms with Gasteiger partial charge in [-0.2, -0.15) is 4.99 Å². The molecule has 1 N–H and O–H groups in total. The van der Waals surface area contributed by atoms with Crippen molar-refractivity contribution in [2.75, 3.05) is 11.0 Å². The molecule has 0 saturated heterocycles. The topological polar surface area (TPSA) is 75.6 Å². The van der Waals surface area contributed by atoms with E-state index in [4.69, 9.17) is 0 Å². The van der Waals surface area contributed by atoms with Gasteiger partial charge in [0.1, 0.15) is 0 Å². The largest absolute Gasteiger partial charge is 0.284 e. The van der Waals surface area contributed by atoms with E-state index in [1.54, 1.807) is 24.3 Å². The lowest BCUT2D eigenvalue weighted by atomic mass is 9.72. The molecule has 5 nitrogen and oxygen atoms in total. The molecule has 1 aliphatic carbocycles. The van der Waals surface area contributed by atoms with Gasteiger partial charge >= 0.3 is 0 Å². The van der Waals surface area contributed by atoms with Gasteiger partial charge in [0.2, 0.25) is 16.1 Å². The molecule has 1 saturated carbocycles. The highest BCUT2D eigenvalue weighted by Gasteiger charge is 2.38. The van der Waals surface area contributed by atoms with Crippen LogP contribution in [0, 0.1) is 0 Å². The van der Waals surface area contributed by atoms with Crippen molar-refractivity contribution in [3.05, 3.63) is 29.8 Å². The third-order valence-electron chi connectivity index (χ3n) is 3.14. The summed E-state index contributed by atoms with van der Waals surface area (Å²) in [5, 5.41) is 0. The smallest absolute Gasteiger partial charge is 0.235 e. The fourth-order valence-corrected chi connectivity index (χ4v) is 2.71. The first-order valence-corrected chi connectivity index (χ1v) is 7.52. The van der Waals surface area contributed by atoms with Crippen LogP contribution >= 0.6 is 0 Å². The Kier molecular flexibility index (Phi) is 3.24. The van der Waals surface area contributed by atoms with E-state index in [1.807, 2.05) is 6.07 Å². The highest BCUT2D eigenvalue weighted by atomic mass is 32.2. The van der Waals surface area contributed by atoms with Crippen LogP contribution in [0.2, 0.25) is 0 Å². The maximum atomic E-state index is 11.2. The second-order valence-electron chi connectivity index (χ2n) is 4.54. The van der Waals surface area contributed by atoms with E-state index in [9.17, 15) is 13.2 Å². The van der Waals surface area contributed by atoms with E-state index in [0.717, 1.165) is 31.1 Å². The molecule has 0 aliphatic heterocycles. The Morgan fingerprint density at radius 3 is 2.61 bits per heavy atom. The quantitative estimate of drug-likeness (QED) is 0.666. The van der Waals surface area contributed by atoms with Crippen LogP contribution < -0.4 is 4.72 Å². The maximum Gasteiger partial charge on any atom is 0.235 e. The third kappa shape index (κ3) is 2.60. The van der Waals surface area contributed by atoms with Crippen LogP contribution in [0.1, 0.15) is 24.8 Å². The molecule has 0 spiro atoms. The molecule has 0 bridgehead atoms. The Labute approximate surface area is 106 Å². The molecule has 0 aromatic heterocycles. The predicted octanol–water partition coefficient (Wildman–Crippen LogP) is 1.77. The van der Waals surface area contributed by atoms with Crippen LogP contribution in [-0.4, -0.2) is 20.8 Å². The normalized spacial score (nSPS) is 17.4. The molecule has 18 heavy (non-hydrogen) atoms. The van der Waals surface area contributed by atoms with Crippen molar-refractivity contribution in [1.82, 2.24) is 0 Å². The van der Waals surface area contributed by atoms with Crippen molar-refractivity contribution in [2.45, 2.75) is 24.8 Å². The highest BCUT2D eigenvalue weighted by molar-refractivity contribution is 7.92. The molecule has 6 heteroatoms. The van der Waals surface area contributed by atoms with E-state index in [0.29, 0.717) is 5.69 Å². The molecule has 1 aliphatic rings. The summed E-state index contributed by atoms with van der Waals surface area (Å²) in [6.45, 7) is 0. The number of anilines is 1. The van der Waals surface area contributed by atoms with E-state index >= 15 is 0 Å². The maximum absolute atomic E-state index is 11.2. The van der Waals surface area contributed by atoms with E-state index in [2.05, 4.69) is 9.71 Å². The molecule has 1 fully saturated rings. The number of hydrogen-bond acceptors (Lipinski definition) is 4. The van der Waals surface area contributed by atoms with E-state index in [1.165, 1.54) is 0 Å². The lowest BCUT2D eigenvalue weighted by Crippen LogP contribution is -2.31. The summed E-state index contributed by atoms with van der Waals surface area (Å²) in [4.78, 5) is 14.4. The fourth-order valence-electron chi connectivity index (χ4n) is 2.15. The summed E-state index contributed by atoms with van der Waals surface area (Å²) in [5.74, 6) is 0. The molecule has 2 rings (SSSR count). The van der Waals surface area contributed by atoms with Gasteiger partial charge in [0.05, 0.1) is 11.8 Å². The first-order valence-electron chi connectivity index (χ1n) is 5.63. The zero-order valence-corrected chi connectivity index (χ0v) is 10.8. The summed E-state index contributed by atoms with van der Waals surface area (Å²) in [7, 11) is -3.30. The van der Waals surface area contributed by atoms with Crippen molar-refractivity contribution in [2.24, 2.45) is 4.99 Å². The van der Waals surface area contributed by atoms with Crippen LogP contribution in [0.4, 0.5) is 5.69 Å². The molecule has 1 aromatic carbocycles. The van der Waals surface area contributed by atoms with Gasteiger partial charge in [0.15, 0.2) is 0 Å². The van der Waals surface area contributed by atoms with Crippen LogP contribution in [-0.2, 0) is 20.4 Å². The van der Waals surface area contributed by atoms with Crippen molar-refractivity contribution < 1.29 is 13.2 Å². The number of carbonyl (C=O) groups excluding carboxylic acids is 1. The summed E-state index contributed by atoms with van der Waals surface area (Å²) < 4.78 is 24.8. The van der Waals surface area contributed by atoms with Crippen LogP contribution in [0.15, 0.2) is 29.3 Å². The van der Waals surface area contributed by atoms with Gasteiger partial charge in [-0.25, -0.2) is 13.2 Å². The SMILES string of the molecule is CS(=O)(=O)Nc1cccc(C2(N=C=O)CCC2)c1. The lowest BCUT2D eigenvalue weighted by molar-refractivity contribution is 0.256. The Morgan fingerprint density at radius 1 is 1.39 bits per heavy atom. The number of benzene rings is 1. The molecule has 1 aromatic rings. The number of rotatable bonds is 4. The van der Waals surface area contributed by atoms with Crippen LogP contribution in [0.5, 0.6) is 0 Å². The minimum atomic E-state index is -3.30. The fraction of sp³-hybridized carbons (Fsp3) is 0.417. The minimum Gasteiger partial charge on any atom is -0.284 e. The Bertz CT molecular complexity index is 600. The number of aliphatic imine (C=N–C) groups is 1. The lowest BCUT2D eigenvalue weighted by Gasteiger charge is -2.37. The van der Waals surface area contributed by atoms with Crippen LogP contribution in [0.25, 0.3) is 0 Å². The van der Waals surface area contributed by atoms with Gasteiger partial charge in [-0.3, -0.25) is 4.72 Å². The van der Waals surface area contributed by atoms with Crippen molar-refractivity contribution >= 4 is 21.8 Å². The molecule has 0 unspecified atom stereocenters. The Morgan fingerprint density at radius 2 is 2.11 bits per heavy atom. The van der Waals surface area contributed by atoms with E-state index in [-0.39, 0.29) is 0 Å². The summed E-state index contributed by atoms with van der Waals surface area (Å²) >= 11 is 0. The van der Waals surface area contributed by atoms with Gasteiger partial charge in [0.25, 0.3) is 0 Å². The standard InChI is InChI=1S/C12H14N2O3S/c1-18(16,17)14-11-5-2-4-10(8-11)12(13-9-15)6-3-7-12/h2,4-5,8,14H,3,6-7H2,1H3. The summed E-state index contributed by atoms with van der Waals surface area (Å²) in [5.41, 5.74) is 0.838.